The summed E-state index contributed by atoms with van der Waals surface area (Å²) < 4.78 is 22.4. The number of hydrogen-bond donors (Lipinski definition) is 3. The summed E-state index contributed by atoms with van der Waals surface area (Å²) in [5.41, 5.74) is 6.05. The van der Waals surface area contributed by atoms with Gasteiger partial charge in [0.15, 0.2) is 0 Å². The number of nitrogens with zero attached hydrogens (tertiary/aromatic N) is 1. The zero-order valence-corrected chi connectivity index (χ0v) is 11.1. The van der Waals surface area contributed by atoms with Crippen LogP contribution in [0.5, 0.6) is 0 Å². The van der Waals surface area contributed by atoms with E-state index in [1.807, 2.05) is 0 Å². The molecule has 0 saturated heterocycles. The third-order valence-corrected chi connectivity index (χ3v) is 3.38. The summed E-state index contributed by atoms with van der Waals surface area (Å²) in [6.45, 7) is 0. The van der Waals surface area contributed by atoms with Crippen LogP contribution in [0.2, 0.25) is 0 Å². The molecule has 2 aromatic rings. The second-order valence-electron chi connectivity index (χ2n) is 4.00. The number of primary sulfonamides is 1. The van der Waals surface area contributed by atoms with Gasteiger partial charge >= 0.3 is 0 Å². The molecule has 0 saturated carbocycles. The van der Waals surface area contributed by atoms with Crippen LogP contribution in [0.1, 0.15) is 10.4 Å². The molecule has 2 rings (SSSR count). The smallest absolute Gasteiger partial charge is 0.257 e. The number of nitrogens with two attached hydrogens (primary N) is 2. The number of pyridine rings is 1. The zero-order valence-electron chi connectivity index (χ0n) is 10.3. The van der Waals surface area contributed by atoms with E-state index in [9.17, 15) is 13.2 Å². The Kier molecular flexibility index (Phi) is 3.68. The van der Waals surface area contributed by atoms with Gasteiger partial charge in [0.25, 0.3) is 5.91 Å². The van der Waals surface area contributed by atoms with Gasteiger partial charge in [-0.3, -0.25) is 4.79 Å². The molecule has 1 heterocycles. The highest BCUT2D eigenvalue weighted by Gasteiger charge is 2.10. The summed E-state index contributed by atoms with van der Waals surface area (Å²) in [6.07, 6.45) is 1.33. The van der Waals surface area contributed by atoms with Gasteiger partial charge in [-0.05, 0) is 30.3 Å². The van der Waals surface area contributed by atoms with Crippen molar-refractivity contribution in [1.29, 1.82) is 0 Å². The molecular weight excluding hydrogens is 280 g/mol. The van der Waals surface area contributed by atoms with Crippen LogP contribution in [-0.4, -0.2) is 19.3 Å². The highest BCUT2D eigenvalue weighted by molar-refractivity contribution is 7.89. The fourth-order valence-corrected chi connectivity index (χ4v) is 2.05. The summed E-state index contributed by atoms with van der Waals surface area (Å²) in [5.74, 6) is -0.123. The van der Waals surface area contributed by atoms with Crippen molar-refractivity contribution >= 4 is 27.4 Å². The second kappa shape index (κ2) is 5.27. The lowest BCUT2D eigenvalue weighted by atomic mass is 10.2. The van der Waals surface area contributed by atoms with E-state index in [0.29, 0.717) is 17.1 Å². The molecule has 0 bridgehead atoms. The first kappa shape index (κ1) is 14.0. The SMILES string of the molecule is Nc1ccc(C(=O)Nc2cccc(S(N)(=O)=O)c2)cn1. The van der Waals surface area contributed by atoms with E-state index in [-0.39, 0.29) is 4.90 Å². The molecule has 0 unspecified atom stereocenters. The third kappa shape index (κ3) is 3.31. The van der Waals surface area contributed by atoms with E-state index in [4.69, 9.17) is 10.9 Å². The topological polar surface area (TPSA) is 128 Å². The van der Waals surface area contributed by atoms with Gasteiger partial charge in [-0.25, -0.2) is 18.5 Å². The number of nitrogen functional groups attached to an aromatic ring is 1. The average Bonchev–Trinajstić information content (AvgIpc) is 2.38. The molecular formula is C12H12N4O3S. The molecule has 0 radical (unpaired) electrons. The first-order chi connectivity index (χ1) is 9.36. The molecule has 7 nitrogen and oxygen atoms in total. The molecule has 0 atom stereocenters. The predicted molar refractivity (Wildman–Crippen MR) is 74.4 cm³/mol. The van der Waals surface area contributed by atoms with Crippen molar-refractivity contribution in [3.05, 3.63) is 48.2 Å². The van der Waals surface area contributed by atoms with E-state index >= 15 is 0 Å². The predicted octanol–water partition coefficient (Wildman–Crippen LogP) is 0.563. The van der Waals surface area contributed by atoms with Gasteiger partial charge < -0.3 is 11.1 Å². The summed E-state index contributed by atoms with van der Waals surface area (Å²) in [4.78, 5) is 15.6. The minimum atomic E-state index is -3.81. The minimum absolute atomic E-state index is 0.0780. The molecule has 1 amide bonds. The minimum Gasteiger partial charge on any atom is -0.384 e. The lowest BCUT2D eigenvalue weighted by molar-refractivity contribution is 0.102. The number of benzene rings is 1. The number of hydrogen-bond acceptors (Lipinski definition) is 5. The Morgan fingerprint density at radius 1 is 1.20 bits per heavy atom. The zero-order chi connectivity index (χ0) is 14.8. The van der Waals surface area contributed by atoms with E-state index < -0.39 is 15.9 Å². The number of carbonyl (C=O) groups excluding carboxylic acids is 1. The van der Waals surface area contributed by atoms with Crippen molar-refractivity contribution in [3.63, 3.8) is 0 Å². The molecule has 104 valence electrons. The molecule has 0 spiro atoms. The van der Waals surface area contributed by atoms with Gasteiger partial charge in [0.05, 0.1) is 10.5 Å². The first-order valence-electron chi connectivity index (χ1n) is 5.52. The van der Waals surface area contributed by atoms with Crippen molar-refractivity contribution in [2.24, 2.45) is 5.14 Å². The van der Waals surface area contributed by atoms with E-state index in [0.717, 1.165) is 0 Å². The molecule has 0 fully saturated rings. The van der Waals surface area contributed by atoms with Crippen LogP contribution >= 0.6 is 0 Å². The van der Waals surface area contributed by atoms with Crippen molar-refractivity contribution < 1.29 is 13.2 Å². The molecule has 1 aromatic heterocycles. The molecule has 0 aliphatic carbocycles. The highest BCUT2D eigenvalue weighted by atomic mass is 32.2. The van der Waals surface area contributed by atoms with E-state index in [1.54, 1.807) is 6.07 Å². The Bertz CT molecular complexity index is 742. The maximum absolute atomic E-state index is 11.9. The van der Waals surface area contributed by atoms with Crippen LogP contribution in [-0.2, 0) is 10.0 Å². The molecule has 5 N–H and O–H groups in total. The van der Waals surface area contributed by atoms with Crippen molar-refractivity contribution in [2.75, 3.05) is 11.1 Å². The number of nitrogens with one attached hydrogen (secondary N) is 1. The van der Waals surface area contributed by atoms with Gasteiger partial charge in [-0.1, -0.05) is 6.07 Å². The fraction of sp³-hybridized carbons (Fsp3) is 0. The van der Waals surface area contributed by atoms with Gasteiger partial charge in [0.2, 0.25) is 10.0 Å². The second-order valence-corrected chi connectivity index (χ2v) is 5.56. The molecule has 20 heavy (non-hydrogen) atoms. The quantitative estimate of drug-likeness (QED) is 0.761. The Morgan fingerprint density at radius 3 is 2.55 bits per heavy atom. The highest BCUT2D eigenvalue weighted by Crippen LogP contribution is 2.15. The lowest BCUT2D eigenvalue weighted by Crippen LogP contribution is -2.15. The summed E-state index contributed by atoms with van der Waals surface area (Å²) in [5, 5.41) is 7.57. The maximum Gasteiger partial charge on any atom is 0.257 e. The van der Waals surface area contributed by atoms with E-state index in [1.165, 1.54) is 36.5 Å². The summed E-state index contributed by atoms with van der Waals surface area (Å²) in [7, 11) is -3.81. The summed E-state index contributed by atoms with van der Waals surface area (Å²) >= 11 is 0. The van der Waals surface area contributed by atoms with Crippen LogP contribution in [0.15, 0.2) is 47.5 Å². The Hall–Kier alpha value is -2.45. The molecule has 0 aliphatic heterocycles. The monoisotopic (exact) mass is 292 g/mol. The van der Waals surface area contributed by atoms with Crippen molar-refractivity contribution in [3.8, 4) is 0 Å². The van der Waals surface area contributed by atoms with E-state index in [2.05, 4.69) is 10.3 Å². The Balaban J connectivity index is 2.22. The fourth-order valence-electron chi connectivity index (χ4n) is 1.49. The van der Waals surface area contributed by atoms with Crippen molar-refractivity contribution in [2.45, 2.75) is 4.90 Å². The van der Waals surface area contributed by atoms with Gasteiger partial charge in [-0.2, -0.15) is 0 Å². The third-order valence-electron chi connectivity index (χ3n) is 2.47. The number of aromatic nitrogens is 1. The molecule has 0 aliphatic rings. The first-order valence-corrected chi connectivity index (χ1v) is 7.06. The van der Waals surface area contributed by atoms with Gasteiger partial charge in [0.1, 0.15) is 5.82 Å². The van der Waals surface area contributed by atoms with Gasteiger partial charge in [0, 0.05) is 11.9 Å². The van der Waals surface area contributed by atoms with Crippen LogP contribution in [0.3, 0.4) is 0 Å². The normalized spacial score (nSPS) is 11.1. The molecule has 1 aromatic carbocycles. The van der Waals surface area contributed by atoms with Crippen molar-refractivity contribution in [1.82, 2.24) is 4.98 Å². The molecule has 8 heteroatoms. The summed E-state index contributed by atoms with van der Waals surface area (Å²) in [6, 6.07) is 8.67. The van der Waals surface area contributed by atoms with Gasteiger partial charge in [-0.15, -0.1) is 0 Å². The standard InChI is InChI=1S/C12H12N4O3S/c13-11-5-4-8(7-15-11)12(17)16-9-2-1-3-10(6-9)20(14,18)19/h1-7H,(H2,13,15)(H,16,17)(H2,14,18,19). The van der Waals surface area contributed by atoms with Crippen LogP contribution in [0.4, 0.5) is 11.5 Å². The average molecular weight is 292 g/mol. The number of carbonyl (C=O) groups is 1. The number of sulfonamides is 1. The number of rotatable bonds is 3. The van der Waals surface area contributed by atoms with Crippen LogP contribution < -0.4 is 16.2 Å². The van der Waals surface area contributed by atoms with Crippen LogP contribution in [0, 0.1) is 0 Å². The Morgan fingerprint density at radius 2 is 1.95 bits per heavy atom. The maximum atomic E-state index is 11.9. The number of amides is 1. The Labute approximate surface area is 115 Å². The van der Waals surface area contributed by atoms with Crippen LogP contribution in [0.25, 0.3) is 0 Å². The lowest BCUT2D eigenvalue weighted by Gasteiger charge is -2.06. The number of anilines is 2. The largest absolute Gasteiger partial charge is 0.384 e.